The average Bonchev–Trinajstić information content (AvgIpc) is 3.04. The first-order chi connectivity index (χ1) is 13.2. The maximum Gasteiger partial charge on any atom is -0.00204 e. The lowest BCUT2D eigenvalue weighted by atomic mass is 9.92. The zero-order chi connectivity index (χ0) is 18.4. The second-order valence-corrected chi connectivity index (χ2v) is 11.0. The van der Waals surface area contributed by atoms with Gasteiger partial charge in [0.25, 0.3) is 0 Å². The zero-order valence-corrected chi connectivity index (χ0v) is 16.9. The fraction of sp³-hybridized carbons (Fsp3) is 0.231. The van der Waals surface area contributed by atoms with Crippen molar-refractivity contribution in [2.24, 2.45) is 0 Å². The Hall–Kier alpha value is -2.17. The van der Waals surface area contributed by atoms with Gasteiger partial charge in [-0.25, -0.2) is 0 Å². The molecule has 1 heterocycles. The maximum atomic E-state index is 2.47. The molecule has 0 aromatic heterocycles. The quantitative estimate of drug-likeness (QED) is 0.256. The molecule has 0 aliphatic carbocycles. The molecule has 4 aromatic rings. The summed E-state index contributed by atoms with van der Waals surface area (Å²) in [5, 5.41) is 7.02. The number of rotatable bonds is 2. The Morgan fingerprint density at radius 2 is 1.19 bits per heavy atom. The highest BCUT2D eigenvalue weighted by Gasteiger charge is 2.32. The molecule has 5 rings (SSSR count). The Balaban J connectivity index is 1.87. The van der Waals surface area contributed by atoms with Crippen molar-refractivity contribution in [3.8, 4) is 11.1 Å². The summed E-state index contributed by atoms with van der Waals surface area (Å²) in [6.07, 6.45) is 2.75. The van der Waals surface area contributed by atoms with Gasteiger partial charge in [-0.2, -0.15) is 0 Å². The smallest absolute Gasteiger partial charge is 0.00204 e. The van der Waals surface area contributed by atoms with E-state index in [1.165, 1.54) is 45.5 Å². The van der Waals surface area contributed by atoms with Crippen LogP contribution in [0.4, 0.5) is 0 Å². The number of hydrogen-bond acceptors (Lipinski definition) is 0. The second kappa shape index (κ2) is 6.77. The van der Waals surface area contributed by atoms with Crippen LogP contribution in [0, 0.1) is 0 Å². The summed E-state index contributed by atoms with van der Waals surface area (Å²) in [5.41, 5.74) is 4.51. The minimum Gasteiger partial charge on any atom is -0.0688 e. The lowest BCUT2D eigenvalue weighted by molar-refractivity contribution is 0.777. The predicted molar refractivity (Wildman–Crippen MR) is 122 cm³/mol. The number of benzene rings is 4. The third kappa shape index (κ3) is 2.79. The van der Waals surface area contributed by atoms with Crippen LogP contribution in [0.1, 0.15) is 26.7 Å². The van der Waals surface area contributed by atoms with Gasteiger partial charge in [-0.1, -0.05) is 94.6 Å². The van der Waals surface area contributed by atoms with Crippen LogP contribution < -0.4 is 5.30 Å². The molecule has 0 bridgehead atoms. The molecule has 2 unspecified atom stereocenters. The molecule has 1 fully saturated rings. The van der Waals surface area contributed by atoms with Crippen LogP contribution in [0.15, 0.2) is 78.9 Å². The first-order valence-electron chi connectivity index (χ1n) is 10.0. The van der Waals surface area contributed by atoms with E-state index in [-0.39, 0.29) is 7.92 Å². The summed E-state index contributed by atoms with van der Waals surface area (Å²) in [6, 6.07) is 29.3. The summed E-state index contributed by atoms with van der Waals surface area (Å²) >= 11 is 0. The summed E-state index contributed by atoms with van der Waals surface area (Å²) in [4.78, 5) is 0. The highest BCUT2D eigenvalue weighted by Crippen LogP contribution is 2.56. The van der Waals surface area contributed by atoms with Crippen LogP contribution in [0.25, 0.3) is 32.7 Å². The first kappa shape index (κ1) is 17.0. The molecule has 4 aromatic carbocycles. The van der Waals surface area contributed by atoms with Gasteiger partial charge in [0, 0.05) is 0 Å². The molecule has 1 heteroatoms. The van der Waals surface area contributed by atoms with Gasteiger partial charge < -0.3 is 0 Å². The van der Waals surface area contributed by atoms with E-state index in [1.807, 2.05) is 0 Å². The van der Waals surface area contributed by atoms with E-state index in [0.29, 0.717) is 0 Å². The van der Waals surface area contributed by atoms with E-state index >= 15 is 0 Å². The molecule has 3 atom stereocenters. The van der Waals surface area contributed by atoms with Gasteiger partial charge in [-0.05, 0) is 68.2 Å². The van der Waals surface area contributed by atoms with Crippen molar-refractivity contribution in [2.75, 3.05) is 0 Å². The van der Waals surface area contributed by atoms with Crippen molar-refractivity contribution in [3.05, 3.63) is 78.9 Å². The Kier molecular flexibility index (Phi) is 4.25. The third-order valence-electron chi connectivity index (χ3n) is 6.17. The summed E-state index contributed by atoms with van der Waals surface area (Å²) in [5.74, 6) is 0. The van der Waals surface area contributed by atoms with Gasteiger partial charge in [-0.15, -0.1) is 0 Å². The summed E-state index contributed by atoms with van der Waals surface area (Å²) in [6.45, 7) is 4.93. The molecule has 134 valence electrons. The standard InChI is InChI=1S/C26H25P/c1-18-15-16-19(2)27(18)25-14-8-7-13-24(25)26-22-11-5-3-9-20(22)17-21-10-4-6-12-23(21)26/h3-14,17-19H,15-16H2,1-2H3/t18-,19?,27?/m0/s1. The minimum atomic E-state index is -0.118. The largest absolute Gasteiger partial charge is 0.0688 e. The van der Waals surface area contributed by atoms with Crippen LogP contribution in [0.3, 0.4) is 0 Å². The van der Waals surface area contributed by atoms with Crippen molar-refractivity contribution in [1.82, 2.24) is 0 Å². The molecule has 0 radical (unpaired) electrons. The molecule has 1 aliphatic heterocycles. The van der Waals surface area contributed by atoms with Gasteiger partial charge in [0.2, 0.25) is 0 Å². The van der Waals surface area contributed by atoms with Gasteiger partial charge in [-0.3, -0.25) is 0 Å². The van der Waals surface area contributed by atoms with Crippen LogP contribution >= 0.6 is 7.92 Å². The average molecular weight is 368 g/mol. The van der Waals surface area contributed by atoms with Crippen molar-refractivity contribution < 1.29 is 0 Å². The Bertz CT molecular complexity index is 1060. The normalized spacial score (nSPS) is 22.5. The molecule has 0 N–H and O–H groups in total. The monoisotopic (exact) mass is 368 g/mol. The molecule has 0 nitrogen and oxygen atoms in total. The third-order valence-corrected chi connectivity index (χ3v) is 9.54. The Morgan fingerprint density at radius 3 is 1.81 bits per heavy atom. The molecule has 1 saturated heterocycles. The van der Waals surface area contributed by atoms with Crippen LogP contribution in [0.5, 0.6) is 0 Å². The van der Waals surface area contributed by atoms with Gasteiger partial charge in [0.1, 0.15) is 0 Å². The molecular formula is C26H25P. The number of hydrogen-bond donors (Lipinski definition) is 0. The van der Waals surface area contributed by atoms with E-state index in [4.69, 9.17) is 0 Å². The zero-order valence-electron chi connectivity index (χ0n) is 16.0. The fourth-order valence-corrected chi connectivity index (χ4v) is 8.28. The van der Waals surface area contributed by atoms with Crippen LogP contribution in [-0.2, 0) is 0 Å². The van der Waals surface area contributed by atoms with E-state index in [2.05, 4.69) is 92.7 Å². The maximum absolute atomic E-state index is 2.47. The molecular weight excluding hydrogens is 343 g/mol. The Labute approximate surface area is 163 Å². The fourth-order valence-electron chi connectivity index (χ4n) is 4.88. The summed E-state index contributed by atoms with van der Waals surface area (Å²) < 4.78 is 0. The highest BCUT2D eigenvalue weighted by atomic mass is 31.1. The van der Waals surface area contributed by atoms with Crippen molar-refractivity contribution in [3.63, 3.8) is 0 Å². The van der Waals surface area contributed by atoms with Crippen LogP contribution in [-0.4, -0.2) is 11.3 Å². The van der Waals surface area contributed by atoms with Crippen molar-refractivity contribution >= 4 is 34.8 Å². The predicted octanol–water partition coefficient (Wildman–Crippen LogP) is 7.34. The topological polar surface area (TPSA) is 0 Å². The van der Waals surface area contributed by atoms with E-state index in [9.17, 15) is 0 Å². The molecule has 27 heavy (non-hydrogen) atoms. The lowest BCUT2D eigenvalue weighted by Crippen LogP contribution is -2.13. The van der Waals surface area contributed by atoms with E-state index in [0.717, 1.165) is 11.3 Å². The van der Waals surface area contributed by atoms with Gasteiger partial charge >= 0.3 is 0 Å². The molecule has 1 aliphatic rings. The minimum absolute atomic E-state index is 0.118. The molecule has 0 amide bonds. The van der Waals surface area contributed by atoms with Crippen LogP contribution in [0.2, 0.25) is 0 Å². The molecule has 0 saturated carbocycles. The first-order valence-corrected chi connectivity index (χ1v) is 11.5. The van der Waals surface area contributed by atoms with E-state index < -0.39 is 0 Å². The highest BCUT2D eigenvalue weighted by molar-refractivity contribution is 7.67. The molecule has 0 spiro atoms. The Morgan fingerprint density at radius 1 is 0.667 bits per heavy atom. The van der Waals surface area contributed by atoms with E-state index in [1.54, 1.807) is 5.30 Å². The SMILES string of the molecule is CC1CC[C@H](C)P1c1ccccc1-c1c2ccccc2cc2ccccc12. The van der Waals surface area contributed by atoms with Gasteiger partial charge in [0.15, 0.2) is 0 Å². The lowest BCUT2D eigenvalue weighted by Gasteiger charge is -2.25. The second-order valence-electron chi connectivity index (χ2n) is 7.89. The van der Waals surface area contributed by atoms with Gasteiger partial charge in [0.05, 0.1) is 0 Å². The van der Waals surface area contributed by atoms with Crippen molar-refractivity contribution in [2.45, 2.75) is 38.0 Å². The summed E-state index contributed by atoms with van der Waals surface area (Å²) in [7, 11) is -0.118. The van der Waals surface area contributed by atoms with Crippen molar-refractivity contribution in [1.29, 1.82) is 0 Å². The number of fused-ring (bicyclic) bond motifs is 2.